The first kappa shape index (κ1) is 17.4. The summed E-state index contributed by atoms with van der Waals surface area (Å²) in [5.74, 6) is 0. The van der Waals surface area contributed by atoms with Crippen LogP contribution in [-0.4, -0.2) is 0 Å². The Morgan fingerprint density at radius 1 is 0.630 bits per heavy atom. The SMILES string of the molecule is Cc1c(-c2cccc(C)[n+]2C)cc2ccccc2c1-c1cccc(C)[n+]1C. The third-order valence-corrected chi connectivity index (χ3v) is 5.80. The van der Waals surface area contributed by atoms with Crippen LogP contribution in [0.25, 0.3) is 33.3 Å². The topological polar surface area (TPSA) is 7.76 Å². The standard InChI is InChI=1S/C25H26N2/c1-17-10-8-14-23(26(17)4)22-16-20-12-6-7-13-21(20)25(19(22)3)24-15-9-11-18(2)27(24)5/h6-16H,1-5H3/q+2. The molecule has 0 saturated carbocycles. The van der Waals surface area contributed by atoms with Gasteiger partial charge in [0.1, 0.15) is 14.1 Å². The fourth-order valence-electron chi connectivity index (χ4n) is 3.95. The van der Waals surface area contributed by atoms with Crippen LogP contribution in [0.1, 0.15) is 17.0 Å². The van der Waals surface area contributed by atoms with Crippen molar-refractivity contribution in [1.82, 2.24) is 0 Å². The van der Waals surface area contributed by atoms with Crippen molar-refractivity contribution in [3.8, 4) is 22.5 Å². The number of benzene rings is 2. The first-order valence-electron chi connectivity index (χ1n) is 9.43. The number of pyridine rings is 2. The van der Waals surface area contributed by atoms with Crippen molar-refractivity contribution in [2.45, 2.75) is 20.8 Å². The normalized spacial score (nSPS) is 11.1. The van der Waals surface area contributed by atoms with Gasteiger partial charge in [-0.05, 0) is 41.5 Å². The van der Waals surface area contributed by atoms with Gasteiger partial charge in [0.2, 0.25) is 11.4 Å². The molecule has 2 heterocycles. The van der Waals surface area contributed by atoms with Gasteiger partial charge in [0, 0.05) is 38.1 Å². The van der Waals surface area contributed by atoms with Crippen LogP contribution >= 0.6 is 0 Å². The monoisotopic (exact) mass is 354 g/mol. The van der Waals surface area contributed by atoms with Crippen molar-refractivity contribution in [2.24, 2.45) is 14.1 Å². The lowest BCUT2D eigenvalue weighted by Gasteiger charge is -2.14. The van der Waals surface area contributed by atoms with Crippen molar-refractivity contribution in [2.75, 3.05) is 0 Å². The third kappa shape index (κ3) is 2.82. The van der Waals surface area contributed by atoms with Crippen molar-refractivity contribution in [3.63, 3.8) is 0 Å². The number of aryl methyl sites for hydroxylation is 2. The minimum Gasteiger partial charge on any atom is -0.199 e. The summed E-state index contributed by atoms with van der Waals surface area (Å²) in [6.07, 6.45) is 0. The highest BCUT2D eigenvalue weighted by Crippen LogP contribution is 2.36. The molecule has 0 atom stereocenters. The molecule has 0 amide bonds. The quantitative estimate of drug-likeness (QED) is 0.459. The molecule has 0 spiro atoms. The van der Waals surface area contributed by atoms with Crippen molar-refractivity contribution < 1.29 is 9.13 Å². The summed E-state index contributed by atoms with van der Waals surface area (Å²) in [5.41, 5.74) is 8.92. The summed E-state index contributed by atoms with van der Waals surface area (Å²) in [7, 11) is 4.30. The van der Waals surface area contributed by atoms with E-state index in [4.69, 9.17) is 0 Å². The van der Waals surface area contributed by atoms with Gasteiger partial charge >= 0.3 is 0 Å². The maximum Gasteiger partial charge on any atom is 0.213 e. The fourth-order valence-corrected chi connectivity index (χ4v) is 3.95. The van der Waals surface area contributed by atoms with Crippen LogP contribution in [0.5, 0.6) is 0 Å². The van der Waals surface area contributed by atoms with Crippen molar-refractivity contribution in [1.29, 1.82) is 0 Å². The zero-order valence-electron chi connectivity index (χ0n) is 16.7. The molecule has 0 aliphatic heterocycles. The van der Waals surface area contributed by atoms with Gasteiger partial charge in [-0.15, -0.1) is 0 Å². The zero-order chi connectivity index (χ0) is 19.1. The van der Waals surface area contributed by atoms with Gasteiger partial charge in [-0.25, -0.2) is 0 Å². The molecule has 0 aliphatic rings. The molecule has 0 radical (unpaired) electrons. The summed E-state index contributed by atoms with van der Waals surface area (Å²) in [6, 6.07) is 24.1. The molecule has 0 N–H and O–H groups in total. The Hall–Kier alpha value is -3.00. The largest absolute Gasteiger partial charge is 0.213 e. The van der Waals surface area contributed by atoms with Crippen LogP contribution in [0.2, 0.25) is 0 Å². The second kappa shape index (κ2) is 6.62. The number of aromatic nitrogens is 2. The Morgan fingerprint density at radius 3 is 1.93 bits per heavy atom. The predicted molar refractivity (Wildman–Crippen MR) is 111 cm³/mol. The molecule has 0 fully saturated rings. The van der Waals surface area contributed by atoms with Crippen LogP contribution in [0.3, 0.4) is 0 Å². The van der Waals surface area contributed by atoms with E-state index < -0.39 is 0 Å². The molecule has 0 unspecified atom stereocenters. The molecular weight excluding hydrogens is 328 g/mol. The first-order chi connectivity index (χ1) is 13.0. The Balaban J connectivity index is 2.14. The van der Waals surface area contributed by atoms with Crippen LogP contribution < -0.4 is 9.13 Å². The molecule has 0 saturated heterocycles. The molecule has 4 rings (SSSR count). The highest BCUT2D eigenvalue weighted by Gasteiger charge is 2.23. The lowest BCUT2D eigenvalue weighted by Crippen LogP contribution is -2.35. The van der Waals surface area contributed by atoms with Crippen LogP contribution in [0.15, 0.2) is 66.7 Å². The van der Waals surface area contributed by atoms with Gasteiger partial charge in [0.25, 0.3) is 0 Å². The number of rotatable bonds is 2. The lowest BCUT2D eigenvalue weighted by atomic mass is 9.90. The summed E-state index contributed by atoms with van der Waals surface area (Å²) in [5, 5.41) is 2.58. The summed E-state index contributed by atoms with van der Waals surface area (Å²) in [4.78, 5) is 0. The average Bonchev–Trinajstić information content (AvgIpc) is 2.66. The number of hydrogen-bond donors (Lipinski definition) is 0. The molecule has 2 aromatic carbocycles. The summed E-state index contributed by atoms with van der Waals surface area (Å²) >= 11 is 0. The second-order valence-electron chi connectivity index (χ2n) is 7.37. The van der Waals surface area contributed by atoms with E-state index >= 15 is 0 Å². The molecular formula is C25H26N2+2. The Kier molecular flexibility index (Phi) is 4.27. The molecule has 27 heavy (non-hydrogen) atoms. The minimum atomic E-state index is 1.25. The molecule has 0 bridgehead atoms. The molecule has 4 aromatic rings. The minimum absolute atomic E-state index is 1.25. The maximum absolute atomic E-state index is 2.33. The van der Waals surface area contributed by atoms with E-state index in [1.54, 1.807) is 0 Å². The van der Waals surface area contributed by atoms with Crippen molar-refractivity contribution >= 4 is 10.8 Å². The van der Waals surface area contributed by atoms with Gasteiger partial charge in [0.15, 0.2) is 11.4 Å². The van der Waals surface area contributed by atoms with E-state index in [1.165, 1.54) is 50.2 Å². The smallest absolute Gasteiger partial charge is 0.199 e. The van der Waals surface area contributed by atoms with Crippen LogP contribution in [-0.2, 0) is 14.1 Å². The zero-order valence-corrected chi connectivity index (χ0v) is 16.7. The maximum atomic E-state index is 2.33. The van der Waals surface area contributed by atoms with Crippen molar-refractivity contribution in [3.05, 3.63) is 83.7 Å². The van der Waals surface area contributed by atoms with Crippen LogP contribution in [0.4, 0.5) is 0 Å². The number of hydrogen-bond acceptors (Lipinski definition) is 0. The van der Waals surface area contributed by atoms with Gasteiger partial charge < -0.3 is 0 Å². The molecule has 2 aromatic heterocycles. The van der Waals surface area contributed by atoms with Gasteiger partial charge in [-0.3, -0.25) is 0 Å². The average molecular weight is 354 g/mol. The highest BCUT2D eigenvalue weighted by molar-refractivity contribution is 6.00. The first-order valence-corrected chi connectivity index (χ1v) is 9.43. The second-order valence-corrected chi connectivity index (χ2v) is 7.37. The van der Waals surface area contributed by atoms with E-state index in [9.17, 15) is 0 Å². The molecule has 0 aliphatic carbocycles. The Morgan fingerprint density at radius 2 is 1.22 bits per heavy atom. The van der Waals surface area contributed by atoms with E-state index in [0.717, 1.165) is 0 Å². The highest BCUT2D eigenvalue weighted by atomic mass is 14.9. The molecule has 134 valence electrons. The van der Waals surface area contributed by atoms with E-state index in [0.29, 0.717) is 0 Å². The van der Waals surface area contributed by atoms with Gasteiger partial charge in [-0.2, -0.15) is 9.13 Å². The Labute approximate surface area is 161 Å². The summed E-state index contributed by atoms with van der Waals surface area (Å²) < 4.78 is 4.56. The van der Waals surface area contributed by atoms with E-state index in [-0.39, 0.29) is 0 Å². The van der Waals surface area contributed by atoms with Gasteiger partial charge in [0.05, 0.1) is 11.1 Å². The third-order valence-electron chi connectivity index (χ3n) is 5.80. The Bertz CT molecular complexity index is 1170. The van der Waals surface area contributed by atoms with E-state index in [1.807, 2.05) is 0 Å². The fraction of sp³-hybridized carbons (Fsp3) is 0.200. The summed E-state index contributed by atoms with van der Waals surface area (Å²) in [6.45, 7) is 6.56. The number of nitrogens with zero attached hydrogens (tertiary/aromatic N) is 2. The molecule has 2 nitrogen and oxygen atoms in total. The van der Waals surface area contributed by atoms with E-state index in [2.05, 4.69) is 111 Å². The predicted octanol–water partition coefficient (Wildman–Crippen LogP) is 4.75. The van der Waals surface area contributed by atoms with Crippen LogP contribution in [0, 0.1) is 20.8 Å². The molecule has 2 heteroatoms. The number of fused-ring (bicyclic) bond motifs is 1. The lowest BCUT2D eigenvalue weighted by molar-refractivity contribution is -0.666. The van der Waals surface area contributed by atoms with Gasteiger partial charge in [-0.1, -0.05) is 24.3 Å².